The van der Waals surface area contributed by atoms with Gasteiger partial charge in [0.2, 0.25) is 5.91 Å². The Morgan fingerprint density at radius 1 is 1.33 bits per heavy atom. The average Bonchev–Trinajstić information content (AvgIpc) is 2.42. The van der Waals surface area contributed by atoms with Gasteiger partial charge in [0, 0.05) is 25.7 Å². The highest BCUT2D eigenvalue weighted by Gasteiger charge is 2.24. The lowest BCUT2D eigenvalue weighted by Crippen LogP contribution is -2.51. The molecule has 0 bridgehead atoms. The van der Waals surface area contributed by atoms with Crippen molar-refractivity contribution >= 4 is 11.9 Å². The Balaban J connectivity index is 2.48. The summed E-state index contributed by atoms with van der Waals surface area (Å²) >= 11 is 0. The first-order chi connectivity index (χ1) is 9.90. The summed E-state index contributed by atoms with van der Waals surface area (Å²) in [6.45, 7) is 7.91. The summed E-state index contributed by atoms with van der Waals surface area (Å²) in [5.74, 6) is -0.952. The average molecular weight is 301 g/mol. The number of rotatable bonds is 8. The molecule has 0 aromatic rings. The number of carbonyl (C=O) groups is 2. The van der Waals surface area contributed by atoms with E-state index in [2.05, 4.69) is 24.1 Å². The number of ether oxygens (including phenoxy) is 1. The van der Waals surface area contributed by atoms with Crippen LogP contribution in [0.4, 0.5) is 0 Å². The lowest BCUT2D eigenvalue weighted by molar-refractivity contribution is -0.139. The topological polar surface area (TPSA) is 105 Å². The summed E-state index contributed by atoms with van der Waals surface area (Å²) < 4.78 is 5.35. The van der Waals surface area contributed by atoms with Crippen LogP contribution in [-0.4, -0.2) is 66.8 Å². The van der Waals surface area contributed by atoms with Crippen molar-refractivity contribution in [2.75, 3.05) is 32.8 Å². The zero-order valence-corrected chi connectivity index (χ0v) is 12.9. The Morgan fingerprint density at radius 3 is 2.48 bits per heavy atom. The molecule has 2 unspecified atom stereocenters. The summed E-state index contributed by atoms with van der Waals surface area (Å²) in [7, 11) is 0. The molecular formula is C14H27N3O4. The minimum atomic E-state index is -1.07. The van der Waals surface area contributed by atoms with Crippen molar-refractivity contribution in [3.8, 4) is 0 Å². The number of nitrogens with zero attached hydrogens (tertiary/aromatic N) is 1. The van der Waals surface area contributed by atoms with Crippen LogP contribution in [0.3, 0.4) is 0 Å². The molecule has 1 aliphatic rings. The van der Waals surface area contributed by atoms with Crippen LogP contribution in [0.1, 0.15) is 26.7 Å². The molecule has 0 aromatic heterocycles. The fraction of sp³-hybridized carbons (Fsp3) is 0.857. The molecule has 1 fully saturated rings. The SMILES string of the molecule is CC(C)CC(CNC(=O)C(N)CC(=O)O)N1CCOCC1. The van der Waals surface area contributed by atoms with Gasteiger partial charge in [0.05, 0.1) is 25.7 Å². The number of hydrogen-bond acceptors (Lipinski definition) is 5. The maximum absolute atomic E-state index is 11.8. The predicted molar refractivity (Wildman–Crippen MR) is 78.9 cm³/mol. The number of hydrogen-bond donors (Lipinski definition) is 3. The van der Waals surface area contributed by atoms with Crippen molar-refractivity contribution in [3.05, 3.63) is 0 Å². The van der Waals surface area contributed by atoms with E-state index in [-0.39, 0.29) is 12.5 Å². The van der Waals surface area contributed by atoms with Crippen LogP contribution in [0.15, 0.2) is 0 Å². The molecule has 0 radical (unpaired) electrons. The van der Waals surface area contributed by atoms with E-state index in [4.69, 9.17) is 15.6 Å². The normalized spacial score (nSPS) is 19.2. The number of amides is 1. The van der Waals surface area contributed by atoms with Gasteiger partial charge >= 0.3 is 5.97 Å². The summed E-state index contributed by atoms with van der Waals surface area (Å²) in [4.78, 5) is 24.7. The van der Waals surface area contributed by atoms with Crippen LogP contribution in [0.5, 0.6) is 0 Å². The molecule has 0 spiro atoms. The van der Waals surface area contributed by atoms with Crippen LogP contribution in [-0.2, 0) is 14.3 Å². The zero-order chi connectivity index (χ0) is 15.8. The molecule has 122 valence electrons. The third-order valence-corrected chi connectivity index (χ3v) is 3.55. The van der Waals surface area contributed by atoms with Crippen molar-refractivity contribution in [2.45, 2.75) is 38.8 Å². The third kappa shape index (κ3) is 6.88. The van der Waals surface area contributed by atoms with Crippen LogP contribution in [0.2, 0.25) is 0 Å². The van der Waals surface area contributed by atoms with Crippen LogP contribution in [0.25, 0.3) is 0 Å². The molecule has 0 aromatic carbocycles. The highest BCUT2D eigenvalue weighted by molar-refractivity contribution is 5.85. The fourth-order valence-electron chi connectivity index (χ4n) is 2.48. The van der Waals surface area contributed by atoms with E-state index in [1.807, 2.05) is 0 Å². The van der Waals surface area contributed by atoms with Gasteiger partial charge in [-0.05, 0) is 12.3 Å². The van der Waals surface area contributed by atoms with Crippen molar-refractivity contribution in [1.29, 1.82) is 0 Å². The van der Waals surface area contributed by atoms with E-state index in [1.54, 1.807) is 0 Å². The Morgan fingerprint density at radius 2 is 1.95 bits per heavy atom. The maximum Gasteiger partial charge on any atom is 0.305 e. The number of nitrogens with two attached hydrogens (primary N) is 1. The molecule has 1 aliphatic heterocycles. The van der Waals surface area contributed by atoms with Gasteiger partial charge in [-0.2, -0.15) is 0 Å². The molecule has 7 heteroatoms. The largest absolute Gasteiger partial charge is 0.481 e. The molecule has 1 saturated heterocycles. The first-order valence-corrected chi connectivity index (χ1v) is 7.47. The first-order valence-electron chi connectivity index (χ1n) is 7.47. The van der Waals surface area contributed by atoms with Crippen LogP contribution in [0, 0.1) is 5.92 Å². The Kier molecular flexibility index (Phi) is 7.63. The molecule has 4 N–H and O–H groups in total. The zero-order valence-electron chi connectivity index (χ0n) is 12.9. The quantitative estimate of drug-likeness (QED) is 0.566. The molecule has 0 aliphatic carbocycles. The second kappa shape index (κ2) is 8.96. The van der Waals surface area contributed by atoms with Gasteiger partial charge in [0.15, 0.2) is 0 Å². The van der Waals surface area contributed by atoms with Crippen molar-refractivity contribution < 1.29 is 19.4 Å². The summed E-state index contributed by atoms with van der Waals surface area (Å²) in [6, 6.07) is -0.762. The third-order valence-electron chi connectivity index (χ3n) is 3.55. The number of aliphatic carboxylic acids is 1. The lowest BCUT2D eigenvalue weighted by Gasteiger charge is -2.35. The standard InChI is InChI=1S/C14H27N3O4/c1-10(2)7-11(17-3-5-21-6-4-17)9-16-14(20)12(15)8-13(18)19/h10-12H,3-9,15H2,1-2H3,(H,16,20)(H,18,19). The van der Waals surface area contributed by atoms with Crippen molar-refractivity contribution in [1.82, 2.24) is 10.2 Å². The number of carboxylic acids is 1. The molecular weight excluding hydrogens is 274 g/mol. The minimum absolute atomic E-state index is 0.231. The molecule has 2 atom stereocenters. The molecule has 0 saturated carbocycles. The Bertz CT molecular complexity index is 343. The second-order valence-corrected chi connectivity index (χ2v) is 5.88. The van der Waals surface area contributed by atoms with E-state index >= 15 is 0 Å². The van der Waals surface area contributed by atoms with E-state index in [0.29, 0.717) is 25.7 Å². The van der Waals surface area contributed by atoms with E-state index in [0.717, 1.165) is 19.5 Å². The Labute approximate surface area is 125 Å². The molecule has 1 amide bonds. The fourth-order valence-corrected chi connectivity index (χ4v) is 2.48. The molecule has 7 nitrogen and oxygen atoms in total. The van der Waals surface area contributed by atoms with Crippen LogP contribution < -0.4 is 11.1 Å². The van der Waals surface area contributed by atoms with Crippen LogP contribution >= 0.6 is 0 Å². The number of nitrogens with one attached hydrogen (secondary N) is 1. The highest BCUT2D eigenvalue weighted by Crippen LogP contribution is 2.13. The number of carboxylic acid groups (broad SMARTS) is 1. The van der Waals surface area contributed by atoms with Crippen molar-refractivity contribution in [2.24, 2.45) is 11.7 Å². The highest BCUT2D eigenvalue weighted by atomic mass is 16.5. The van der Waals surface area contributed by atoms with Gasteiger partial charge in [-0.25, -0.2) is 0 Å². The van der Waals surface area contributed by atoms with Gasteiger partial charge in [0.1, 0.15) is 0 Å². The van der Waals surface area contributed by atoms with E-state index in [1.165, 1.54) is 0 Å². The smallest absolute Gasteiger partial charge is 0.305 e. The second-order valence-electron chi connectivity index (χ2n) is 5.88. The predicted octanol–water partition coefficient (Wildman–Crippen LogP) is -0.348. The van der Waals surface area contributed by atoms with Gasteiger partial charge < -0.3 is 20.9 Å². The first kappa shape index (κ1) is 17.9. The lowest BCUT2D eigenvalue weighted by atomic mass is 10.0. The summed E-state index contributed by atoms with van der Waals surface area (Å²) in [5.41, 5.74) is 5.56. The molecule has 1 heterocycles. The van der Waals surface area contributed by atoms with Crippen molar-refractivity contribution in [3.63, 3.8) is 0 Å². The van der Waals surface area contributed by atoms with Gasteiger partial charge in [-0.3, -0.25) is 14.5 Å². The maximum atomic E-state index is 11.8. The number of carbonyl (C=O) groups excluding carboxylic acids is 1. The van der Waals surface area contributed by atoms with E-state index < -0.39 is 17.9 Å². The number of morpholine rings is 1. The monoisotopic (exact) mass is 301 g/mol. The van der Waals surface area contributed by atoms with Gasteiger partial charge in [0.25, 0.3) is 0 Å². The molecule has 21 heavy (non-hydrogen) atoms. The van der Waals surface area contributed by atoms with Gasteiger partial charge in [-0.15, -0.1) is 0 Å². The summed E-state index contributed by atoms with van der Waals surface area (Å²) in [6.07, 6.45) is 0.618. The minimum Gasteiger partial charge on any atom is -0.481 e. The Hall–Kier alpha value is -1.18. The van der Waals surface area contributed by atoms with E-state index in [9.17, 15) is 9.59 Å². The van der Waals surface area contributed by atoms with Gasteiger partial charge in [-0.1, -0.05) is 13.8 Å². The summed E-state index contributed by atoms with van der Waals surface area (Å²) in [5, 5.41) is 11.4. The molecule has 1 rings (SSSR count).